The van der Waals surface area contributed by atoms with Crippen LogP contribution in [0.2, 0.25) is 0 Å². The van der Waals surface area contributed by atoms with E-state index in [4.69, 9.17) is 9.47 Å². The molecule has 1 aromatic carbocycles. The summed E-state index contributed by atoms with van der Waals surface area (Å²) in [5.41, 5.74) is 2.11. The number of H-pyrrole nitrogens is 1. The van der Waals surface area contributed by atoms with Gasteiger partial charge < -0.3 is 19.4 Å². The van der Waals surface area contributed by atoms with E-state index in [2.05, 4.69) is 9.97 Å². The van der Waals surface area contributed by atoms with Crippen molar-refractivity contribution in [2.75, 3.05) is 13.3 Å². The summed E-state index contributed by atoms with van der Waals surface area (Å²) in [5, 5.41) is 0.757. The zero-order valence-corrected chi connectivity index (χ0v) is 18.3. The molecule has 1 aliphatic carbocycles. The van der Waals surface area contributed by atoms with Crippen molar-refractivity contribution in [3.05, 3.63) is 50.4 Å². The molecule has 0 saturated carbocycles. The van der Waals surface area contributed by atoms with Gasteiger partial charge in [0.05, 0.1) is 5.39 Å². The quantitative estimate of drug-likeness (QED) is 0.635. The minimum atomic E-state index is -0.0699. The summed E-state index contributed by atoms with van der Waals surface area (Å²) in [7, 11) is 0. The number of aromatic nitrogens is 2. The summed E-state index contributed by atoms with van der Waals surface area (Å²) in [6.45, 7) is 3.31. The average Bonchev–Trinajstić information content (AvgIpc) is 3.39. The standard InChI is InChI=1S/C23H25N3O4S/c1-2-26(12-14-7-8-16-17(11-14)30-13-29-16)20(27)10-9-19-24-22(28)21-15-5-3-4-6-18(15)31-23(21)25-19/h7-8,11H,2-6,9-10,12-13H2,1H3,(H,24,25,28). The molecule has 162 valence electrons. The molecule has 0 atom stereocenters. The maximum Gasteiger partial charge on any atom is 0.259 e. The van der Waals surface area contributed by atoms with Crippen molar-refractivity contribution < 1.29 is 14.3 Å². The largest absolute Gasteiger partial charge is 0.454 e. The molecule has 5 rings (SSSR count). The highest BCUT2D eigenvalue weighted by molar-refractivity contribution is 7.18. The highest BCUT2D eigenvalue weighted by Crippen LogP contribution is 2.34. The lowest BCUT2D eigenvalue weighted by molar-refractivity contribution is -0.131. The third kappa shape index (κ3) is 3.92. The first kappa shape index (κ1) is 20.1. The topological polar surface area (TPSA) is 84.5 Å². The van der Waals surface area contributed by atoms with Gasteiger partial charge in [-0.05, 0) is 55.9 Å². The Hall–Kier alpha value is -2.87. The van der Waals surface area contributed by atoms with E-state index in [9.17, 15) is 9.59 Å². The predicted molar refractivity (Wildman–Crippen MR) is 119 cm³/mol. The third-order valence-electron chi connectivity index (χ3n) is 5.99. The molecule has 2 aromatic heterocycles. The third-order valence-corrected chi connectivity index (χ3v) is 7.18. The van der Waals surface area contributed by atoms with Crippen LogP contribution in [0.3, 0.4) is 0 Å². The van der Waals surface area contributed by atoms with E-state index < -0.39 is 0 Å². The summed E-state index contributed by atoms with van der Waals surface area (Å²) in [6, 6.07) is 5.75. The van der Waals surface area contributed by atoms with Crippen LogP contribution in [0.5, 0.6) is 11.5 Å². The van der Waals surface area contributed by atoms with E-state index in [-0.39, 0.29) is 18.3 Å². The highest BCUT2D eigenvalue weighted by atomic mass is 32.1. The molecule has 7 nitrogen and oxygen atoms in total. The molecule has 0 spiro atoms. The minimum Gasteiger partial charge on any atom is -0.454 e. The summed E-state index contributed by atoms with van der Waals surface area (Å²) in [4.78, 5) is 37.1. The monoisotopic (exact) mass is 439 g/mol. The van der Waals surface area contributed by atoms with E-state index in [1.54, 1.807) is 16.2 Å². The fourth-order valence-corrected chi connectivity index (χ4v) is 5.63. The Morgan fingerprint density at radius 1 is 1.23 bits per heavy atom. The number of nitrogens with one attached hydrogen (secondary N) is 1. The lowest BCUT2D eigenvalue weighted by Crippen LogP contribution is -2.30. The number of carbonyl (C=O) groups is 1. The van der Waals surface area contributed by atoms with Crippen LogP contribution in [-0.2, 0) is 30.6 Å². The van der Waals surface area contributed by atoms with Gasteiger partial charge in [0.1, 0.15) is 10.7 Å². The maximum atomic E-state index is 12.8. The number of ether oxygens (including phenoxy) is 2. The molecule has 0 radical (unpaired) electrons. The van der Waals surface area contributed by atoms with Gasteiger partial charge in [-0.25, -0.2) is 4.98 Å². The zero-order chi connectivity index (χ0) is 21.4. The van der Waals surface area contributed by atoms with Crippen LogP contribution in [-0.4, -0.2) is 34.1 Å². The first-order valence-electron chi connectivity index (χ1n) is 10.8. The Balaban J connectivity index is 1.28. The lowest BCUT2D eigenvalue weighted by atomic mass is 9.97. The Labute approximate surface area is 184 Å². The van der Waals surface area contributed by atoms with E-state index >= 15 is 0 Å². The first-order valence-corrected chi connectivity index (χ1v) is 11.6. The molecule has 1 aliphatic heterocycles. The number of nitrogens with zero attached hydrogens (tertiary/aromatic N) is 2. The molecule has 3 aromatic rings. The molecule has 0 unspecified atom stereocenters. The number of aromatic amines is 1. The second-order valence-electron chi connectivity index (χ2n) is 8.00. The molecule has 2 aliphatic rings. The zero-order valence-electron chi connectivity index (χ0n) is 17.5. The van der Waals surface area contributed by atoms with E-state index in [0.29, 0.717) is 31.8 Å². The Kier molecular flexibility index (Phi) is 5.40. The van der Waals surface area contributed by atoms with Crippen LogP contribution in [0, 0.1) is 0 Å². The van der Waals surface area contributed by atoms with Gasteiger partial charge >= 0.3 is 0 Å². The van der Waals surface area contributed by atoms with Gasteiger partial charge in [0.2, 0.25) is 12.7 Å². The second kappa shape index (κ2) is 8.34. The minimum absolute atomic E-state index is 0.0355. The number of hydrogen-bond donors (Lipinski definition) is 1. The van der Waals surface area contributed by atoms with Gasteiger partial charge in [0.25, 0.3) is 5.56 Å². The number of amides is 1. The van der Waals surface area contributed by atoms with Crippen LogP contribution < -0.4 is 15.0 Å². The number of aryl methyl sites for hydroxylation is 3. The summed E-state index contributed by atoms with van der Waals surface area (Å²) in [5.74, 6) is 2.07. The molecule has 1 N–H and O–H groups in total. The number of rotatable bonds is 6. The summed E-state index contributed by atoms with van der Waals surface area (Å²) in [6.07, 6.45) is 5.03. The van der Waals surface area contributed by atoms with Gasteiger partial charge in [-0.1, -0.05) is 6.07 Å². The fraction of sp³-hybridized carbons (Fsp3) is 0.435. The smallest absolute Gasteiger partial charge is 0.259 e. The normalized spacial score (nSPS) is 14.6. The average molecular weight is 440 g/mol. The molecule has 8 heteroatoms. The Morgan fingerprint density at radius 2 is 2.06 bits per heavy atom. The molecule has 0 bridgehead atoms. The maximum absolute atomic E-state index is 12.8. The molecule has 3 heterocycles. The second-order valence-corrected chi connectivity index (χ2v) is 9.08. The lowest BCUT2D eigenvalue weighted by Gasteiger charge is -2.21. The molecule has 0 fully saturated rings. The van der Waals surface area contributed by atoms with Gasteiger partial charge in [-0.2, -0.15) is 0 Å². The Bertz CT molecular complexity index is 1200. The van der Waals surface area contributed by atoms with Gasteiger partial charge in [-0.3, -0.25) is 9.59 Å². The Morgan fingerprint density at radius 3 is 2.94 bits per heavy atom. The van der Waals surface area contributed by atoms with E-state index in [1.165, 1.54) is 16.9 Å². The number of hydrogen-bond acceptors (Lipinski definition) is 6. The van der Waals surface area contributed by atoms with Gasteiger partial charge in [0.15, 0.2) is 11.5 Å². The molecule has 0 saturated heterocycles. The SMILES string of the molecule is CCN(Cc1ccc2c(c1)OCO2)C(=O)CCc1nc2sc3c(c2c(=O)[nH]1)CCCC3. The number of fused-ring (bicyclic) bond motifs is 4. The number of thiophene rings is 1. The summed E-state index contributed by atoms with van der Waals surface area (Å²) < 4.78 is 10.8. The molecular formula is C23H25N3O4S. The predicted octanol–water partition coefficient (Wildman–Crippen LogP) is 3.57. The molecule has 1 amide bonds. The molecular weight excluding hydrogens is 414 g/mol. The van der Waals surface area contributed by atoms with Crippen molar-refractivity contribution in [1.82, 2.24) is 14.9 Å². The van der Waals surface area contributed by atoms with Crippen LogP contribution in [0.15, 0.2) is 23.0 Å². The van der Waals surface area contributed by atoms with Crippen molar-refractivity contribution >= 4 is 27.5 Å². The van der Waals surface area contributed by atoms with Crippen molar-refractivity contribution in [1.29, 1.82) is 0 Å². The van der Waals surface area contributed by atoms with Crippen molar-refractivity contribution in [3.63, 3.8) is 0 Å². The number of benzene rings is 1. The highest BCUT2D eigenvalue weighted by Gasteiger charge is 2.21. The van der Waals surface area contributed by atoms with Gasteiger partial charge in [-0.15, -0.1) is 11.3 Å². The molecule has 31 heavy (non-hydrogen) atoms. The van der Waals surface area contributed by atoms with Crippen molar-refractivity contribution in [2.45, 2.75) is 52.0 Å². The van der Waals surface area contributed by atoms with Crippen LogP contribution in [0.4, 0.5) is 0 Å². The van der Waals surface area contributed by atoms with E-state index in [1.807, 2.05) is 25.1 Å². The first-order chi connectivity index (χ1) is 15.1. The van der Waals surface area contributed by atoms with Crippen LogP contribution >= 0.6 is 11.3 Å². The van der Waals surface area contributed by atoms with Gasteiger partial charge in [0, 0.05) is 30.8 Å². The number of carbonyl (C=O) groups excluding carboxylic acids is 1. The van der Waals surface area contributed by atoms with Crippen LogP contribution in [0.25, 0.3) is 10.2 Å². The van der Waals surface area contributed by atoms with Crippen LogP contribution in [0.1, 0.15) is 48.0 Å². The van der Waals surface area contributed by atoms with Crippen molar-refractivity contribution in [3.8, 4) is 11.5 Å². The van der Waals surface area contributed by atoms with Crippen molar-refractivity contribution in [2.24, 2.45) is 0 Å². The van der Waals surface area contributed by atoms with E-state index in [0.717, 1.165) is 46.5 Å². The fourth-order valence-electron chi connectivity index (χ4n) is 4.35. The summed E-state index contributed by atoms with van der Waals surface area (Å²) >= 11 is 1.64.